The Morgan fingerprint density at radius 3 is 3.10 bits per heavy atom. The van der Waals surface area contributed by atoms with E-state index in [2.05, 4.69) is 10.3 Å². The molecule has 0 aliphatic carbocycles. The van der Waals surface area contributed by atoms with Crippen molar-refractivity contribution in [2.75, 3.05) is 26.3 Å². The fourth-order valence-electron chi connectivity index (χ4n) is 2.06. The Morgan fingerprint density at radius 1 is 1.60 bits per heavy atom. The van der Waals surface area contributed by atoms with Gasteiger partial charge in [-0.2, -0.15) is 0 Å². The lowest BCUT2D eigenvalue weighted by Gasteiger charge is -2.34. The number of aromatic nitrogens is 1. The molecule has 7 heteroatoms. The van der Waals surface area contributed by atoms with E-state index < -0.39 is 6.04 Å². The van der Waals surface area contributed by atoms with Crippen molar-refractivity contribution in [1.29, 1.82) is 0 Å². The predicted octanol–water partition coefficient (Wildman–Crippen LogP) is 0.712. The highest BCUT2D eigenvalue weighted by Crippen LogP contribution is 2.15. The molecule has 2 amide bonds. The van der Waals surface area contributed by atoms with Crippen LogP contribution in [0.4, 0.5) is 0 Å². The maximum atomic E-state index is 12.5. The second-order valence-electron chi connectivity index (χ2n) is 4.35. The van der Waals surface area contributed by atoms with Crippen molar-refractivity contribution < 1.29 is 14.3 Å². The summed E-state index contributed by atoms with van der Waals surface area (Å²) in [6.07, 6.45) is 1.47. The lowest BCUT2D eigenvalue weighted by Crippen LogP contribution is -2.55. The molecule has 1 unspecified atom stereocenters. The van der Waals surface area contributed by atoms with Gasteiger partial charge in [-0.25, -0.2) is 4.98 Å². The van der Waals surface area contributed by atoms with Crippen LogP contribution >= 0.6 is 11.6 Å². The van der Waals surface area contributed by atoms with Gasteiger partial charge in [0.2, 0.25) is 5.91 Å². The molecule has 1 aromatic heterocycles. The number of pyridine rings is 1. The van der Waals surface area contributed by atoms with Gasteiger partial charge in [-0.15, -0.1) is 0 Å². The molecule has 1 atom stereocenters. The van der Waals surface area contributed by atoms with E-state index >= 15 is 0 Å². The van der Waals surface area contributed by atoms with Gasteiger partial charge in [-0.3, -0.25) is 9.59 Å². The first-order valence-corrected chi connectivity index (χ1v) is 6.79. The summed E-state index contributed by atoms with van der Waals surface area (Å²) in [5.74, 6) is -0.449. The molecule has 1 aliphatic heterocycles. The van der Waals surface area contributed by atoms with Crippen molar-refractivity contribution in [3.8, 4) is 0 Å². The van der Waals surface area contributed by atoms with E-state index in [1.807, 2.05) is 6.92 Å². The van der Waals surface area contributed by atoms with Crippen LogP contribution in [0.1, 0.15) is 17.3 Å². The van der Waals surface area contributed by atoms with Gasteiger partial charge >= 0.3 is 0 Å². The van der Waals surface area contributed by atoms with Crippen molar-refractivity contribution in [1.82, 2.24) is 15.2 Å². The number of likely N-dealkylation sites (N-methyl/N-ethyl adjacent to an activating group) is 1. The quantitative estimate of drug-likeness (QED) is 0.834. The van der Waals surface area contributed by atoms with Crippen LogP contribution in [-0.4, -0.2) is 54.0 Å². The summed E-state index contributed by atoms with van der Waals surface area (Å²) in [5, 5.41) is 2.96. The van der Waals surface area contributed by atoms with Crippen LogP contribution < -0.4 is 5.32 Å². The van der Waals surface area contributed by atoms with E-state index in [4.69, 9.17) is 16.3 Å². The van der Waals surface area contributed by atoms with Gasteiger partial charge in [-0.1, -0.05) is 11.6 Å². The summed E-state index contributed by atoms with van der Waals surface area (Å²) in [4.78, 5) is 29.8. The average Bonchev–Trinajstić information content (AvgIpc) is 2.47. The number of amides is 2. The molecule has 2 heterocycles. The Balaban J connectivity index is 2.19. The predicted molar refractivity (Wildman–Crippen MR) is 73.6 cm³/mol. The van der Waals surface area contributed by atoms with E-state index in [-0.39, 0.29) is 23.6 Å². The fourth-order valence-corrected chi connectivity index (χ4v) is 2.23. The molecular formula is C13H16ClN3O3. The van der Waals surface area contributed by atoms with Gasteiger partial charge in [0.15, 0.2) is 0 Å². The molecule has 0 bridgehead atoms. The van der Waals surface area contributed by atoms with Crippen molar-refractivity contribution >= 4 is 23.4 Å². The molecular weight excluding hydrogens is 282 g/mol. The van der Waals surface area contributed by atoms with Crippen LogP contribution in [0, 0.1) is 0 Å². The first kappa shape index (κ1) is 14.7. The van der Waals surface area contributed by atoms with E-state index in [1.54, 1.807) is 6.07 Å². The summed E-state index contributed by atoms with van der Waals surface area (Å²) in [7, 11) is 0. The largest absolute Gasteiger partial charge is 0.377 e. The molecule has 0 radical (unpaired) electrons. The summed E-state index contributed by atoms with van der Waals surface area (Å²) < 4.78 is 5.30. The number of nitrogens with one attached hydrogen (secondary N) is 1. The SMILES string of the molecule is CCNC(=O)C1COCCN1C(=O)c1ccnc(Cl)c1. The first-order valence-electron chi connectivity index (χ1n) is 6.41. The number of halogens is 1. The molecule has 1 N–H and O–H groups in total. The highest BCUT2D eigenvalue weighted by atomic mass is 35.5. The summed E-state index contributed by atoms with van der Waals surface area (Å²) in [6, 6.07) is 2.47. The zero-order valence-electron chi connectivity index (χ0n) is 11.1. The van der Waals surface area contributed by atoms with Crippen LogP contribution in [0.25, 0.3) is 0 Å². The molecule has 0 saturated carbocycles. The van der Waals surface area contributed by atoms with E-state index in [9.17, 15) is 9.59 Å². The Labute approximate surface area is 122 Å². The standard InChI is InChI=1S/C13H16ClN3O3/c1-2-15-12(18)10-8-20-6-5-17(10)13(19)9-3-4-16-11(14)7-9/h3-4,7,10H,2,5-6,8H2,1H3,(H,15,18). The monoisotopic (exact) mass is 297 g/mol. The Bertz CT molecular complexity index is 509. The van der Waals surface area contributed by atoms with E-state index in [1.165, 1.54) is 17.2 Å². The lowest BCUT2D eigenvalue weighted by atomic mass is 10.1. The van der Waals surface area contributed by atoms with Crippen molar-refractivity contribution in [3.63, 3.8) is 0 Å². The third kappa shape index (κ3) is 3.26. The Kier molecular flexibility index (Phi) is 4.92. The van der Waals surface area contributed by atoms with E-state index in [0.717, 1.165) is 0 Å². The van der Waals surface area contributed by atoms with Crippen molar-refractivity contribution in [2.24, 2.45) is 0 Å². The molecule has 1 saturated heterocycles. The molecule has 2 rings (SSSR count). The third-order valence-corrected chi connectivity index (χ3v) is 3.22. The maximum absolute atomic E-state index is 12.5. The van der Waals surface area contributed by atoms with Crippen molar-refractivity contribution in [3.05, 3.63) is 29.0 Å². The number of hydrogen-bond donors (Lipinski definition) is 1. The molecule has 108 valence electrons. The fraction of sp³-hybridized carbons (Fsp3) is 0.462. The van der Waals surface area contributed by atoms with Crippen LogP contribution in [0.5, 0.6) is 0 Å². The van der Waals surface area contributed by atoms with Gasteiger partial charge in [0.1, 0.15) is 11.2 Å². The maximum Gasteiger partial charge on any atom is 0.254 e. The second kappa shape index (κ2) is 6.67. The van der Waals surface area contributed by atoms with Gasteiger partial charge in [0, 0.05) is 24.8 Å². The van der Waals surface area contributed by atoms with Gasteiger partial charge < -0.3 is 15.0 Å². The van der Waals surface area contributed by atoms with E-state index in [0.29, 0.717) is 25.3 Å². The molecule has 1 aromatic rings. The molecule has 20 heavy (non-hydrogen) atoms. The number of hydrogen-bond acceptors (Lipinski definition) is 4. The highest BCUT2D eigenvalue weighted by Gasteiger charge is 2.33. The van der Waals surface area contributed by atoms with Gasteiger partial charge in [-0.05, 0) is 19.1 Å². The molecule has 1 fully saturated rings. The molecule has 6 nitrogen and oxygen atoms in total. The average molecular weight is 298 g/mol. The van der Waals surface area contributed by atoms with Crippen molar-refractivity contribution in [2.45, 2.75) is 13.0 Å². The zero-order valence-corrected chi connectivity index (χ0v) is 11.9. The smallest absolute Gasteiger partial charge is 0.254 e. The number of nitrogens with zero attached hydrogens (tertiary/aromatic N) is 2. The summed E-state index contributed by atoms with van der Waals surface area (Å²) in [6.45, 7) is 3.34. The Hall–Kier alpha value is -1.66. The van der Waals surface area contributed by atoms with Crippen LogP contribution in [0.2, 0.25) is 5.15 Å². The van der Waals surface area contributed by atoms with Gasteiger partial charge in [0.05, 0.1) is 13.2 Å². The topological polar surface area (TPSA) is 71.5 Å². The van der Waals surface area contributed by atoms with Gasteiger partial charge in [0.25, 0.3) is 5.91 Å². The number of morpholine rings is 1. The first-order chi connectivity index (χ1) is 9.63. The summed E-state index contributed by atoms with van der Waals surface area (Å²) in [5.41, 5.74) is 0.418. The normalized spacial score (nSPS) is 18.7. The van der Waals surface area contributed by atoms with Crippen LogP contribution in [0.15, 0.2) is 18.3 Å². The summed E-state index contributed by atoms with van der Waals surface area (Å²) >= 11 is 5.79. The zero-order chi connectivity index (χ0) is 14.5. The molecule has 0 aromatic carbocycles. The van der Waals surface area contributed by atoms with Crippen LogP contribution in [0.3, 0.4) is 0 Å². The number of carbonyl (C=O) groups is 2. The number of ether oxygens (including phenoxy) is 1. The number of rotatable bonds is 3. The Morgan fingerprint density at radius 2 is 2.40 bits per heavy atom. The molecule has 0 spiro atoms. The minimum absolute atomic E-state index is 0.205. The third-order valence-electron chi connectivity index (χ3n) is 3.02. The minimum Gasteiger partial charge on any atom is -0.377 e. The second-order valence-corrected chi connectivity index (χ2v) is 4.74. The molecule has 1 aliphatic rings. The number of carbonyl (C=O) groups excluding carboxylic acids is 2. The minimum atomic E-state index is -0.608. The lowest BCUT2D eigenvalue weighted by molar-refractivity contribution is -0.130. The van der Waals surface area contributed by atoms with Crippen LogP contribution in [-0.2, 0) is 9.53 Å². The highest BCUT2D eigenvalue weighted by molar-refractivity contribution is 6.29.